The number of halogens is 3. The highest BCUT2D eigenvalue weighted by molar-refractivity contribution is 5.98. The van der Waals surface area contributed by atoms with Gasteiger partial charge in [-0.2, -0.15) is 18.2 Å². The minimum absolute atomic E-state index is 0.0374. The van der Waals surface area contributed by atoms with E-state index in [-0.39, 0.29) is 42.1 Å². The van der Waals surface area contributed by atoms with E-state index in [2.05, 4.69) is 20.4 Å². The average molecular weight is 618 g/mol. The fraction of sp³-hybridized carbons (Fsp3) is 0.433. The number of alkyl halides is 3. The normalized spacial score (nSPS) is 16.0. The van der Waals surface area contributed by atoms with Gasteiger partial charge in [-0.15, -0.1) is 4.99 Å². The van der Waals surface area contributed by atoms with Crippen LogP contribution < -0.4 is 10.1 Å². The molecule has 0 radical (unpaired) electrons. The van der Waals surface area contributed by atoms with Crippen molar-refractivity contribution < 1.29 is 41.9 Å². The van der Waals surface area contributed by atoms with E-state index in [0.717, 1.165) is 11.6 Å². The van der Waals surface area contributed by atoms with E-state index < -0.39 is 35.4 Å². The van der Waals surface area contributed by atoms with Crippen molar-refractivity contribution in [1.29, 1.82) is 0 Å². The molecule has 2 aromatic carbocycles. The molecule has 1 aromatic heterocycles. The lowest BCUT2D eigenvalue weighted by molar-refractivity contribution is -0.138. The Kier molecular flexibility index (Phi) is 10.1. The number of hydrogen-bond donors (Lipinski definition) is 2. The van der Waals surface area contributed by atoms with Crippen molar-refractivity contribution in [2.45, 2.75) is 64.1 Å². The Bertz CT molecular complexity index is 1470. The first-order chi connectivity index (χ1) is 20.8. The van der Waals surface area contributed by atoms with E-state index in [1.165, 1.54) is 12.1 Å². The van der Waals surface area contributed by atoms with Gasteiger partial charge < -0.3 is 24.0 Å². The summed E-state index contributed by atoms with van der Waals surface area (Å²) in [6, 6.07) is 13.2. The first-order valence-electron chi connectivity index (χ1n) is 14.1. The quantitative estimate of drug-likeness (QED) is 0.173. The second-order valence-corrected chi connectivity index (χ2v) is 11.2. The molecule has 0 aliphatic carbocycles. The predicted octanol–water partition coefficient (Wildman–Crippen LogP) is 6.51. The molecule has 0 bridgehead atoms. The molecule has 2 heterocycles. The third-order valence-electron chi connectivity index (χ3n) is 6.58. The molecular weight excluding hydrogens is 583 g/mol. The maximum absolute atomic E-state index is 14.0. The number of aromatic nitrogens is 2. The fourth-order valence-electron chi connectivity index (χ4n) is 4.67. The Morgan fingerprint density at radius 3 is 2.59 bits per heavy atom. The van der Waals surface area contributed by atoms with Gasteiger partial charge in [0.05, 0.1) is 18.1 Å². The number of ether oxygens (including phenoxy) is 2. The summed E-state index contributed by atoms with van der Waals surface area (Å²) in [4.78, 5) is 33.0. The summed E-state index contributed by atoms with van der Waals surface area (Å²) in [5.74, 6) is -0.788. The largest absolute Gasteiger partial charge is 0.493 e. The van der Waals surface area contributed by atoms with Gasteiger partial charge in [0, 0.05) is 18.7 Å². The van der Waals surface area contributed by atoms with Crippen LogP contribution in [-0.4, -0.2) is 63.6 Å². The zero-order chi connectivity index (χ0) is 31.9. The van der Waals surface area contributed by atoms with Crippen LogP contribution in [0.25, 0.3) is 11.4 Å². The standard InChI is InChI=1S/C30H34F3N5O6/c1-29(2,3)43-28(41)36-26(35-27(39)40)38-15-7-12-21(18-38)25-34-24(37-44-25)20-13-14-23(22(17-20)30(31,32)33)42-16-8-11-19-9-5-4-6-10-19/h4-6,9-10,13-14,17,21H,7-8,11-12,15-16,18H2,1-3H3,(H,39,40)(H,35,36,41)/t21-/m1/s1. The number of nitrogens with one attached hydrogen (secondary N) is 1. The monoisotopic (exact) mass is 617 g/mol. The number of rotatable bonds is 7. The molecule has 1 aliphatic heterocycles. The Balaban J connectivity index is 1.46. The van der Waals surface area contributed by atoms with Crippen LogP contribution in [0.5, 0.6) is 5.75 Å². The molecule has 1 atom stereocenters. The van der Waals surface area contributed by atoms with Gasteiger partial charge in [-0.05, 0) is 70.2 Å². The van der Waals surface area contributed by atoms with Crippen LogP contribution in [0, 0.1) is 0 Å². The van der Waals surface area contributed by atoms with Gasteiger partial charge in [-0.25, -0.2) is 9.59 Å². The highest BCUT2D eigenvalue weighted by Gasteiger charge is 2.36. The minimum Gasteiger partial charge on any atom is -0.493 e. The molecule has 2 amide bonds. The van der Waals surface area contributed by atoms with Crippen LogP contribution in [-0.2, 0) is 17.3 Å². The Morgan fingerprint density at radius 2 is 1.91 bits per heavy atom. The number of nitrogens with zero attached hydrogens (tertiary/aromatic N) is 4. The average Bonchev–Trinajstić information content (AvgIpc) is 3.44. The van der Waals surface area contributed by atoms with Crippen LogP contribution in [0.2, 0.25) is 0 Å². The van der Waals surface area contributed by atoms with Crippen molar-refractivity contribution >= 4 is 18.1 Å². The van der Waals surface area contributed by atoms with E-state index in [1.807, 2.05) is 30.3 Å². The molecule has 11 nitrogen and oxygen atoms in total. The van der Waals surface area contributed by atoms with Crippen molar-refractivity contribution in [1.82, 2.24) is 20.4 Å². The van der Waals surface area contributed by atoms with Gasteiger partial charge >= 0.3 is 18.4 Å². The van der Waals surface area contributed by atoms with Crippen LogP contribution in [0.1, 0.15) is 63.0 Å². The smallest absolute Gasteiger partial charge is 0.434 e. The topological polar surface area (TPSA) is 139 Å². The van der Waals surface area contributed by atoms with Crippen molar-refractivity contribution in [3.63, 3.8) is 0 Å². The molecule has 0 unspecified atom stereocenters. The van der Waals surface area contributed by atoms with Crippen LogP contribution in [0.15, 0.2) is 58.0 Å². The first-order valence-corrected chi connectivity index (χ1v) is 14.1. The first kappa shape index (κ1) is 32.3. The molecule has 236 valence electrons. The molecule has 44 heavy (non-hydrogen) atoms. The molecule has 0 spiro atoms. The maximum Gasteiger partial charge on any atom is 0.434 e. The molecule has 3 aromatic rings. The summed E-state index contributed by atoms with van der Waals surface area (Å²) >= 11 is 0. The Hall–Kier alpha value is -4.62. The van der Waals surface area contributed by atoms with E-state index in [1.54, 1.807) is 25.7 Å². The molecule has 1 aliphatic rings. The van der Waals surface area contributed by atoms with Gasteiger partial charge in [0.25, 0.3) is 0 Å². The minimum atomic E-state index is -4.68. The number of carbonyl (C=O) groups is 2. The number of carboxylic acid groups (broad SMARTS) is 1. The number of likely N-dealkylation sites (tertiary alicyclic amines) is 1. The number of piperidine rings is 1. The Labute approximate surface area is 252 Å². The number of amides is 2. The number of hydrogen-bond acceptors (Lipinski definition) is 7. The number of aliphatic imine (C=N–C) groups is 1. The van der Waals surface area contributed by atoms with Crippen LogP contribution >= 0.6 is 0 Å². The summed E-state index contributed by atoms with van der Waals surface area (Å²) in [5.41, 5.74) is -0.605. The zero-order valence-corrected chi connectivity index (χ0v) is 24.6. The predicted molar refractivity (Wildman–Crippen MR) is 153 cm³/mol. The molecule has 2 N–H and O–H groups in total. The lowest BCUT2D eigenvalue weighted by Gasteiger charge is -2.33. The van der Waals surface area contributed by atoms with E-state index >= 15 is 0 Å². The molecule has 0 saturated carbocycles. The lowest BCUT2D eigenvalue weighted by atomic mass is 9.98. The van der Waals surface area contributed by atoms with Crippen LogP contribution in [0.3, 0.4) is 0 Å². The summed E-state index contributed by atoms with van der Waals surface area (Å²) in [6.45, 7) is 5.63. The third kappa shape index (κ3) is 9.19. The van der Waals surface area contributed by atoms with Gasteiger partial charge in [0.2, 0.25) is 17.7 Å². The molecule has 4 rings (SSSR count). The summed E-state index contributed by atoms with van der Waals surface area (Å²) in [7, 11) is 0. The van der Waals surface area contributed by atoms with Crippen molar-refractivity contribution in [2.75, 3.05) is 19.7 Å². The van der Waals surface area contributed by atoms with E-state index in [4.69, 9.17) is 14.0 Å². The lowest BCUT2D eigenvalue weighted by Crippen LogP contribution is -2.49. The highest BCUT2D eigenvalue weighted by atomic mass is 19.4. The summed E-state index contributed by atoms with van der Waals surface area (Å²) < 4.78 is 58.0. The second-order valence-electron chi connectivity index (χ2n) is 11.2. The van der Waals surface area contributed by atoms with Crippen molar-refractivity contribution in [2.24, 2.45) is 4.99 Å². The molecule has 14 heteroatoms. The van der Waals surface area contributed by atoms with Crippen molar-refractivity contribution in [3.05, 3.63) is 65.5 Å². The maximum atomic E-state index is 14.0. The second kappa shape index (κ2) is 13.8. The number of guanidine groups is 1. The zero-order valence-electron chi connectivity index (χ0n) is 24.6. The van der Waals surface area contributed by atoms with E-state index in [0.29, 0.717) is 32.2 Å². The van der Waals surface area contributed by atoms with Gasteiger partial charge in [-0.3, -0.25) is 5.32 Å². The SMILES string of the molecule is CC(C)(C)OC(=O)N/C(=N/C(=O)O)N1CCC[C@@H](c2nc(-c3ccc(OCCCc4ccccc4)c(C(F)(F)F)c3)no2)C1. The summed E-state index contributed by atoms with van der Waals surface area (Å²) in [5, 5.41) is 15.5. The third-order valence-corrected chi connectivity index (χ3v) is 6.58. The molecule has 1 saturated heterocycles. The highest BCUT2D eigenvalue weighted by Crippen LogP contribution is 2.39. The number of benzene rings is 2. The van der Waals surface area contributed by atoms with E-state index in [9.17, 15) is 27.9 Å². The number of carbonyl (C=O) groups excluding carboxylic acids is 1. The molecular formula is C30H34F3N5O6. The van der Waals surface area contributed by atoms with Crippen molar-refractivity contribution in [3.8, 4) is 17.1 Å². The van der Waals surface area contributed by atoms with Crippen LogP contribution in [0.4, 0.5) is 22.8 Å². The Morgan fingerprint density at radius 1 is 1.16 bits per heavy atom. The van der Waals surface area contributed by atoms with Gasteiger partial charge in [-0.1, -0.05) is 35.5 Å². The summed E-state index contributed by atoms with van der Waals surface area (Å²) in [6.07, 6.45) is -4.71. The number of alkyl carbamates (subject to hydrolysis) is 1. The fourth-order valence-corrected chi connectivity index (χ4v) is 4.67. The van der Waals surface area contributed by atoms with Gasteiger partial charge in [0.1, 0.15) is 11.4 Å². The molecule has 1 fully saturated rings. The van der Waals surface area contributed by atoms with Gasteiger partial charge in [0.15, 0.2) is 0 Å². The number of aryl methyl sites for hydroxylation is 1.